The number of rotatable bonds is 1. The van der Waals surface area contributed by atoms with Crippen LogP contribution >= 0.6 is 0 Å². The standard InChI is InChI=1S/C4H8N2O2/c5-4(6(7)8)2-1-3-4/h1-3,5H2. The van der Waals surface area contributed by atoms with E-state index >= 15 is 0 Å². The molecule has 1 saturated carbocycles. The topological polar surface area (TPSA) is 69.2 Å². The number of nitrogens with two attached hydrogens (primary N) is 1. The molecule has 0 bridgehead atoms. The Balaban J connectivity index is 2.53. The van der Waals surface area contributed by atoms with Crippen LogP contribution in [-0.4, -0.2) is 10.6 Å². The molecule has 0 amide bonds. The van der Waals surface area contributed by atoms with Gasteiger partial charge in [-0.1, -0.05) is 0 Å². The normalized spacial score (nSPS) is 24.1. The molecule has 4 heteroatoms. The first-order chi connectivity index (χ1) is 3.65. The van der Waals surface area contributed by atoms with Crippen molar-refractivity contribution >= 4 is 0 Å². The number of nitrogens with zero attached hydrogens (tertiary/aromatic N) is 1. The number of nitro groups is 1. The summed E-state index contributed by atoms with van der Waals surface area (Å²) < 4.78 is 0. The Bertz CT molecular complexity index is 119. The second-order valence-corrected chi connectivity index (χ2v) is 2.21. The van der Waals surface area contributed by atoms with Crippen LogP contribution in [0.5, 0.6) is 0 Å². The van der Waals surface area contributed by atoms with E-state index in [2.05, 4.69) is 0 Å². The average molecular weight is 116 g/mol. The SMILES string of the molecule is NC1([N+](=O)[O-])CCC1. The Hall–Kier alpha value is -0.640. The van der Waals surface area contributed by atoms with Gasteiger partial charge in [-0.15, -0.1) is 0 Å². The summed E-state index contributed by atoms with van der Waals surface area (Å²) in [6.45, 7) is 0. The third-order valence-corrected chi connectivity index (χ3v) is 1.58. The molecular weight excluding hydrogens is 108 g/mol. The van der Waals surface area contributed by atoms with Crippen LogP contribution in [-0.2, 0) is 0 Å². The highest BCUT2D eigenvalue weighted by Crippen LogP contribution is 2.28. The van der Waals surface area contributed by atoms with Crippen LogP contribution in [0.3, 0.4) is 0 Å². The fourth-order valence-corrected chi connectivity index (χ4v) is 0.722. The molecule has 1 rings (SSSR count). The Morgan fingerprint density at radius 2 is 2.12 bits per heavy atom. The summed E-state index contributed by atoms with van der Waals surface area (Å²) in [6, 6.07) is 0. The van der Waals surface area contributed by atoms with Crippen molar-refractivity contribution in [3.05, 3.63) is 10.1 Å². The molecule has 0 aromatic rings. The van der Waals surface area contributed by atoms with Crippen molar-refractivity contribution in [2.45, 2.75) is 24.9 Å². The largest absolute Gasteiger partial charge is 0.272 e. The molecule has 1 fully saturated rings. The monoisotopic (exact) mass is 116 g/mol. The highest BCUT2D eigenvalue weighted by atomic mass is 16.6. The van der Waals surface area contributed by atoms with Crippen molar-refractivity contribution in [1.82, 2.24) is 0 Å². The maximum Gasteiger partial charge on any atom is 0.272 e. The molecule has 0 radical (unpaired) electrons. The zero-order valence-electron chi connectivity index (χ0n) is 4.46. The highest BCUT2D eigenvalue weighted by molar-refractivity contribution is 4.81. The molecule has 0 atom stereocenters. The van der Waals surface area contributed by atoms with Gasteiger partial charge in [-0.25, -0.2) is 0 Å². The minimum atomic E-state index is -1.06. The van der Waals surface area contributed by atoms with Crippen molar-refractivity contribution in [2.75, 3.05) is 0 Å². The molecule has 0 aromatic heterocycles. The van der Waals surface area contributed by atoms with E-state index in [9.17, 15) is 10.1 Å². The minimum absolute atomic E-state index is 0.392. The second-order valence-electron chi connectivity index (χ2n) is 2.21. The first-order valence-corrected chi connectivity index (χ1v) is 2.58. The molecule has 1 aliphatic carbocycles. The highest BCUT2D eigenvalue weighted by Gasteiger charge is 2.44. The van der Waals surface area contributed by atoms with Crippen molar-refractivity contribution in [3.8, 4) is 0 Å². The van der Waals surface area contributed by atoms with Crippen LogP contribution in [0.4, 0.5) is 0 Å². The van der Waals surface area contributed by atoms with E-state index in [0.717, 1.165) is 6.42 Å². The Kier molecular flexibility index (Phi) is 0.973. The Morgan fingerprint density at radius 3 is 2.12 bits per heavy atom. The van der Waals surface area contributed by atoms with Gasteiger partial charge in [0.15, 0.2) is 0 Å². The van der Waals surface area contributed by atoms with E-state index in [-0.39, 0.29) is 0 Å². The molecule has 4 nitrogen and oxygen atoms in total. The summed E-state index contributed by atoms with van der Waals surface area (Å²) >= 11 is 0. The van der Waals surface area contributed by atoms with Crippen molar-refractivity contribution in [1.29, 1.82) is 0 Å². The first kappa shape index (κ1) is 5.50. The summed E-state index contributed by atoms with van der Waals surface area (Å²) in [6.07, 6.45) is 1.98. The van der Waals surface area contributed by atoms with E-state index in [4.69, 9.17) is 5.73 Å². The summed E-state index contributed by atoms with van der Waals surface area (Å²) in [5.74, 6) is 0. The molecule has 2 N–H and O–H groups in total. The van der Waals surface area contributed by atoms with E-state index in [1.165, 1.54) is 0 Å². The summed E-state index contributed by atoms with van der Waals surface area (Å²) in [5, 5.41) is 9.98. The predicted octanol–water partition coefficient (Wildman–Crippen LogP) is 0.102. The van der Waals surface area contributed by atoms with Gasteiger partial charge in [-0.05, 0) is 6.42 Å². The van der Waals surface area contributed by atoms with Gasteiger partial charge in [-0.2, -0.15) is 0 Å². The van der Waals surface area contributed by atoms with Crippen molar-refractivity contribution in [3.63, 3.8) is 0 Å². The van der Waals surface area contributed by atoms with E-state index in [1.807, 2.05) is 0 Å². The molecule has 46 valence electrons. The predicted molar refractivity (Wildman–Crippen MR) is 27.8 cm³/mol. The smallest absolute Gasteiger partial charge is 0.266 e. The van der Waals surface area contributed by atoms with E-state index in [1.54, 1.807) is 0 Å². The van der Waals surface area contributed by atoms with Gasteiger partial charge in [0.2, 0.25) is 0 Å². The molecule has 0 heterocycles. The summed E-state index contributed by atoms with van der Waals surface area (Å²) in [5.41, 5.74) is 4.19. The lowest BCUT2D eigenvalue weighted by Gasteiger charge is -2.27. The van der Waals surface area contributed by atoms with Gasteiger partial charge in [0.25, 0.3) is 5.66 Å². The van der Waals surface area contributed by atoms with Crippen LogP contribution in [0.2, 0.25) is 0 Å². The maximum absolute atomic E-state index is 9.98. The molecule has 0 aromatic carbocycles. The maximum atomic E-state index is 9.98. The third kappa shape index (κ3) is 0.571. The van der Waals surface area contributed by atoms with E-state index < -0.39 is 10.6 Å². The van der Waals surface area contributed by atoms with Gasteiger partial charge in [0, 0.05) is 17.8 Å². The molecule has 0 spiro atoms. The summed E-state index contributed by atoms with van der Waals surface area (Å²) in [7, 11) is 0. The van der Waals surface area contributed by atoms with Gasteiger partial charge < -0.3 is 0 Å². The first-order valence-electron chi connectivity index (χ1n) is 2.58. The summed E-state index contributed by atoms with van der Waals surface area (Å²) in [4.78, 5) is 9.59. The van der Waals surface area contributed by atoms with Crippen LogP contribution in [0, 0.1) is 10.1 Å². The fraction of sp³-hybridized carbons (Fsp3) is 1.00. The third-order valence-electron chi connectivity index (χ3n) is 1.58. The molecule has 0 aliphatic heterocycles. The molecule has 1 aliphatic rings. The lowest BCUT2D eigenvalue weighted by atomic mass is 9.87. The minimum Gasteiger partial charge on any atom is -0.266 e. The lowest BCUT2D eigenvalue weighted by Crippen LogP contribution is -2.53. The Morgan fingerprint density at radius 1 is 1.62 bits per heavy atom. The van der Waals surface area contributed by atoms with Crippen LogP contribution < -0.4 is 5.73 Å². The average Bonchev–Trinajstić information content (AvgIpc) is 1.60. The van der Waals surface area contributed by atoms with Crippen LogP contribution in [0.25, 0.3) is 0 Å². The molecule has 8 heavy (non-hydrogen) atoms. The van der Waals surface area contributed by atoms with Crippen LogP contribution in [0.1, 0.15) is 19.3 Å². The lowest BCUT2D eigenvalue weighted by molar-refractivity contribution is -0.584. The molecule has 0 unspecified atom stereocenters. The number of hydrogen-bond donors (Lipinski definition) is 1. The second kappa shape index (κ2) is 1.42. The zero-order chi connectivity index (χ0) is 6.20. The molecular formula is C4H8N2O2. The van der Waals surface area contributed by atoms with Gasteiger partial charge in [0.05, 0.1) is 0 Å². The van der Waals surface area contributed by atoms with Crippen LogP contribution in [0.15, 0.2) is 0 Å². The van der Waals surface area contributed by atoms with E-state index in [0.29, 0.717) is 12.8 Å². The van der Waals surface area contributed by atoms with Crippen molar-refractivity contribution < 1.29 is 4.92 Å². The Labute approximate surface area is 46.8 Å². The molecule has 0 saturated heterocycles. The van der Waals surface area contributed by atoms with Crippen molar-refractivity contribution in [2.24, 2.45) is 5.73 Å². The van der Waals surface area contributed by atoms with Gasteiger partial charge in [0.1, 0.15) is 0 Å². The quantitative estimate of drug-likeness (QED) is 0.300. The van der Waals surface area contributed by atoms with Gasteiger partial charge in [-0.3, -0.25) is 15.8 Å². The fourth-order valence-electron chi connectivity index (χ4n) is 0.722. The van der Waals surface area contributed by atoms with Gasteiger partial charge >= 0.3 is 0 Å². The zero-order valence-corrected chi connectivity index (χ0v) is 4.46. The number of hydrogen-bond acceptors (Lipinski definition) is 3.